The molecular weight excluding hydrogens is 360 g/mol. The van der Waals surface area contributed by atoms with E-state index in [1.807, 2.05) is 36.4 Å². The van der Waals surface area contributed by atoms with Crippen molar-refractivity contribution in [2.24, 2.45) is 0 Å². The summed E-state index contributed by atoms with van der Waals surface area (Å²) < 4.78 is 12.4. The maximum absolute atomic E-state index is 10.2. The maximum Gasteiger partial charge on any atom is 0.198 e. The summed E-state index contributed by atoms with van der Waals surface area (Å²) in [5, 5.41) is 19.5. The molecule has 1 atom stereocenters. The van der Waals surface area contributed by atoms with Crippen LogP contribution in [0.5, 0.6) is 17.4 Å². The van der Waals surface area contributed by atoms with E-state index in [-0.39, 0.29) is 18.2 Å². The number of aromatic hydroxyl groups is 1. The second-order valence-corrected chi connectivity index (χ2v) is 6.23. The van der Waals surface area contributed by atoms with Gasteiger partial charge in [0.2, 0.25) is 0 Å². The molecule has 1 aliphatic heterocycles. The SMILES string of the molecule is N=C(c1c(O)[nH]c2ccc(Br)cc12)C1COc2ccccc2O1. The molecule has 2 aromatic carbocycles. The highest BCUT2D eigenvalue weighted by molar-refractivity contribution is 9.10. The van der Waals surface area contributed by atoms with Gasteiger partial charge in [-0.25, -0.2) is 0 Å². The molecule has 0 bridgehead atoms. The molecule has 5 nitrogen and oxygen atoms in total. The van der Waals surface area contributed by atoms with Crippen LogP contribution in [-0.2, 0) is 0 Å². The molecule has 0 radical (unpaired) electrons. The molecule has 1 aromatic heterocycles. The van der Waals surface area contributed by atoms with Crippen LogP contribution in [0.2, 0.25) is 0 Å². The molecule has 1 unspecified atom stereocenters. The number of fused-ring (bicyclic) bond motifs is 2. The number of aromatic amines is 1. The van der Waals surface area contributed by atoms with Crippen molar-refractivity contribution in [3.63, 3.8) is 0 Å². The van der Waals surface area contributed by atoms with Gasteiger partial charge < -0.3 is 25.0 Å². The number of hydrogen-bond donors (Lipinski definition) is 3. The van der Waals surface area contributed by atoms with E-state index in [0.717, 1.165) is 15.4 Å². The lowest BCUT2D eigenvalue weighted by molar-refractivity contribution is 0.134. The van der Waals surface area contributed by atoms with Gasteiger partial charge in [0, 0.05) is 15.4 Å². The summed E-state index contributed by atoms with van der Waals surface area (Å²) in [7, 11) is 0. The Morgan fingerprint density at radius 2 is 2.00 bits per heavy atom. The second-order valence-electron chi connectivity index (χ2n) is 5.32. The van der Waals surface area contributed by atoms with Gasteiger partial charge in [0.05, 0.1) is 11.3 Å². The Labute approximate surface area is 140 Å². The van der Waals surface area contributed by atoms with Crippen LogP contribution < -0.4 is 9.47 Å². The van der Waals surface area contributed by atoms with Gasteiger partial charge in [-0.1, -0.05) is 28.1 Å². The predicted molar refractivity (Wildman–Crippen MR) is 90.8 cm³/mol. The molecule has 116 valence electrons. The molecule has 3 N–H and O–H groups in total. The molecule has 0 aliphatic carbocycles. The van der Waals surface area contributed by atoms with Crippen LogP contribution in [-0.4, -0.2) is 28.5 Å². The van der Waals surface area contributed by atoms with E-state index >= 15 is 0 Å². The fourth-order valence-electron chi connectivity index (χ4n) is 2.75. The quantitative estimate of drug-likeness (QED) is 0.598. The Balaban J connectivity index is 1.73. The zero-order valence-corrected chi connectivity index (χ0v) is 13.6. The monoisotopic (exact) mass is 372 g/mol. The van der Waals surface area contributed by atoms with Crippen LogP contribution in [0.3, 0.4) is 0 Å². The Hall–Kier alpha value is -2.47. The van der Waals surface area contributed by atoms with Crippen LogP contribution in [0.1, 0.15) is 5.56 Å². The third kappa shape index (κ3) is 2.35. The van der Waals surface area contributed by atoms with E-state index in [1.54, 1.807) is 6.07 Å². The lowest BCUT2D eigenvalue weighted by atomic mass is 10.0. The van der Waals surface area contributed by atoms with Gasteiger partial charge in [-0.3, -0.25) is 0 Å². The van der Waals surface area contributed by atoms with E-state index in [4.69, 9.17) is 14.9 Å². The first-order chi connectivity index (χ1) is 11.1. The average molecular weight is 373 g/mol. The number of rotatable bonds is 2. The van der Waals surface area contributed by atoms with Gasteiger partial charge in [0.25, 0.3) is 0 Å². The third-order valence-electron chi connectivity index (χ3n) is 3.84. The van der Waals surface area contributed by atoms with Crippen molar-refractivity contribution in [2.45, 2.75) is 6.10 Å². The lowest BCUT2D eigenvalue weighted by Gasteiger charge is -2.26. The average Bonchev–Trinajstić information content (AvgIpc) is 2.89. The van der Waals surface area contributed by atoms with E-state index < -0.39 is 6.10 Å². The number of aromatic nitrogens is 1. The van der Waals surface area contributed by atoms with Gasteiger partial charge >= 0.3 is 0 Å². The molecule has 0 saturated heterocycles. The van der Waals surface area contributed by atoms with Crippen molar-refractivity contribution >= 4 is 32.5 Å². The molecule has 0 saturated carbocycles. The number of para-hydroxylation sites is 2. The molecule has 0 fully saturated rings. The van der Waals surface area contributed by atoms with Gasteiger partial charge in [-0.2, -0.15) is 0 Å². The summed E-state index contributed by atoms with van der Waals surface area (Å²) in [5.74, 6) is 1.24. The van der Waals surface area contributed by atoms with Crippen molar-refractivity contribution in [1.82, 2.24) is 4.98 Å². The predicted octanol–water partition coefficient (Wildman–Crippen LogP) is 3.84. The van der Waals surface area contributed by atoms with Crippen molar-refractivity contribution in [3.05, 3.63) is 52.5 Å². The standard InChI is InChI=1S/C17H13BrN2O3/c18-9-5-6-11-10(7-9)15(17(21)20-11)16(19)14-8-22-12-3-1-2-4-13(12)23-14/h1-7,14,19-21H,8H2. The summed E-state index contributed by atoms with van der Waals surface area (Å²) in [6.45, 7) is 0.232. The first kappa shape index (κ1) is 14.1. The highest BCUT2D eigenvalue weighted by Gasteiger charge is 2.29. The maximum atomic E-state index is 10.2. The van der Waals surface area contributed by atoms with Crippen LogP contribution >= 0.6 is 15.9 Å². The van der Waals surface area contributed by atoms with Gasteiger partial charge in [-0.15, -0.1) is 0 Å². The van der Waals surface area contributed by atoms with Gasteiger partial charge in [0.15, 0.2) is 23.5 Å². The zero-order valence-electron chi connectivity index (χ0n) is 12.0. The highest BCUT2D eigenvalue weighted by atomic mass is 79.9. The van der Waals surface area contributed by atoms with E-state index in [9.17, 15) is 5.11 Å². The fraction of sp³-hybridized carbons (Fsp3) is 0.118. The normalized spacial score (nSPS) is 16.5. The Bertz CT molecular complexity index is 919. The number of hydrogen-bond acceptors (Lipinski definition) is 4. The molecule has 1 aliphatic rings. The molecular formula is C17H13BrN2O3. The number of nitrogens with one attached hydrogen (secondary N) is 2. The van der Waals surface area contributed by atoms with Crippen molar-refractivity contribution in [3.8, 4) is 17.4 Å². The Morgan fingerprint density at radius 3 is 2.83 bits per heavy atom. The summed E-state index contributed by atoms with van der Waals surface area (Å²) in [6.07, 6.45) is -0.575. The van der Waals surface area contributed by atoms with E-state index in [0.29, 0.717) is 17.1 Å². The number of H-pyrrole nitrogens is 1. The molecule has 23 heavy (non-hydrogen) atoms. The minimum atomic E-state index is -0.575. The van der Waals surface area contributed by atoms with Crippen molar-refractivity contribution in [2.75, 3.05) is 6.61 Å². The smallest absolute Gasteiger partial charge is 0.198 e. The molecule has 0 amide bonds. The molecule has 2 heterocycles. The lowest BCUT2D eigenvalue weighted by Crippen LogP contribution is -2.36. The number of ether oxygens (including phenoxy) is 2. The molecule has 4 rings (SSSR count). The van der Waals surface area contributed by atoms with Crippen molar-refractivity contribution < 1.29 is 14.6 Å². The highest BCUT2D eigenvalue weighted by Crippen LogP contribution is 2.35. The topological polar surface area (TPSA) is 78.3 Å². The van der Waals surface area contributed by atoms with Crippen LogP contribution in [0.4, 0.5) is 0 Å². The fourth-order valence-corrected chi connectivity index (χ4v) is 3.11. The first-order valence-corrected chi connectivity index (χ1v) is 7.90. The summed E-state index contributed by atoms with van der Waals surface area (Å²) in [5.41, 5.74) is 1.39. The van der Waals surface area contributed by atoms with Crippen molar-refractivity contribution in [1.29, 1.82) is 5.41 Å². The summed E-state index contributed by atoms with van der Waals surface area (Å²) in [4.78, 5) is 2.89. The van der Waals surface area contributed by atoms with Crippen LogP contribution in [0.25, 0.3) is 10.9 Å². The Kier molecular flexibility index (Phi) is 3.27. The summed E-state index contributed by atoms with van der Waals surface area (Å²) in [6, 6.07) is 13.0. The largest absolute Gasteiger partial charge is 0.494 e. The van der Waals surface area contributed by atoms with Gasteiger partial charge in [0.1, 0.15) is 6.61 Å². The van der Waals surface area contributed by atoms with Gasteiger partial charge in [-0.05, 0) is 30.3 Å². The molecule has 0 spiro atoms. The third-order valence-corrected chi connectivity index (χ3v) is 4.33. The Morgan fingerprint density at radius 1 is 1.22 bits per heavy atom. The number of benzene rings is 2. The molecule has 3 aromatic rings. The minimum Gasteiger partial charge on any atom is -0.494 e. The van der Waals surface area contributed by atoms with Crippen LogP contribution in [0, 0.1) is 5.41 Å². The first-order valence-electron chi connectivity index (χ1n) is 7.11. The number of halogens is 1. The van der Waals surface area contributed by atoms with Crippen LogP contribution in [0.15, 0.2) is 46.9 Å². The zero-order chi connectivity index (χ0) is 16.0. The van der Waals surface area contributed by atoms with E-state index in [2.05, 4.69) is 20.9 Å². The summed E-state index contributed by atoms with van der Waals surface area (Å²) >= 11 is 3.42. The van der Waals surface area contributed by atoms with E-state index in [1.165, 1.54) is 0 Å². The molecule has 6 heteroatoms. The second kappa shape index (κ2) is 5.31. The minimum absolute atomic E-state index is 0.0365.